The molecule has 3 aromatic rings. The molecular formula is C23H18F4. The van der Waals surface area contributed by atoms with Crippen molar-refractivity contribution in [3.63, 3.8) is 0 Å². The van der Waals surface area contributed by atoms with E-state index in [0.29, 0.717) is 12.0 Å². The number of hydrogen-bond acceptors (Lipinski definition) is 0. The Labute approximate surface area is 155 Å². The predicted octanol–water partition coefficient (Wildman–Crippen LogP) is 6.91. The molecule has 0 saturated heterocycles. The van der Waals surface area contributed by atoms with Crippen LogP contribution < -0.4 is 0 Å². The topological polar surface area (TPSA) is 0 Å². The number of alkyl halides is 3. The lowest BCUT2D eigenvalue weighted by Gasteiger charge is -2.26. The number of rotatable bonds is 2. The van der Waals surface area contributed by atoms with Crippen LogP contribution in [0.1, 0.15) is 40.2 Å². The van der Waals surface area contributed by atoms with E-state index in [4.69, 9.17) is 0 Å². The molecule has 1 unspecified atom stereocenters. The number of fused-ring (bicyclic) bond motifs is 3. The van der Waals surface area contributed by atoms with Gasteiger partial charge >= 0.3 is 6.18 Å². The third kappa shape index (κ3) is 3.25. The van der Waals surface area contributed by atoms with Crippen molar-refractivity contribution in [1.82, 2.24) is 0 Å². The normalized spacial score (nSPS) is 17.0. The Balaban J connectivity index is 1.66. The molecule has 0 heterocycles. The van der Waals surface area contributed by atoms with Gasteiger partial charge < -0.3 is 0 Å². The summed E-state index contributed by atoms with van der Waals surface area (Å²) in [5.74, 6) is -1.17. The van der Waals surface area contributed by atoms with Crippen molar-refractivity contribution in [2.45, 2.75) is 31.4 Å². The zero-order chi connectivity index (χ0) is 19.2. The SMILES string of the molecule is C=Cc1ccc2c3c(ccc2c1)CC(c1ccc(C(F)(F)F)c(F)c1)CC3. The summed E-state index contributed by atoms with van der Waals surface area (Å²) in [6, 6.07) is 13.7. The number of benzene rings is 3. The van der Waals surface area contributed by atoms with E-state index in [9.17, 15) is 17.6 Å². The molecule has 4 heteroatoms. The van der Waals surface area contributed by atoms with Crippen LogP contribution >= 0.6 is 0 Å². The fourth-order valence-corrected chi connectivity index (χ4v) is 4.06. The molecule has 0 fully saturated rings. The highest BCUT2D eigenvalue weighted by molar-refractivity contribution is 5.88. The average molecular weight is 370 g/mol. The third-order valence-electron chi connectivity index (χ3n) is 5.47. The van der Waals surface area contributed by atoms with Crippen molar-refractivity contribution >= 4 is 16.8 Å². The zero-order valence-electron chi connectivity index (χ0n) is 14.6. The summed E-state index contributed by atoms with van der Waals surface area (Å²) in [5.41, 5.74) is 2.97. The van der Waals surface area contributed by atoms with Crippen LogP contribution in [0.15, 0.2) is 55.1 Å². The van der Waals surface area contributed by atoms with E-state index in [2.05, 4.69) is 30.8 Å². The Hall–Kier alpha value is -2.62. The van der Waals surface area contributed by atoms with Crippen molar-refractivity contribution in [2.75, 3.05) is 0 Å². The Morgan fingerprint density at radius 2 is 1.81 bits per heavy atom. The largest absolute Gasteiger partial charge is 0.419 e. The average Bonchev–Trinajstić information content (AvgIpc) is 2.65. The van der Waals surface area contributed by atoms with Gasteiger partial charge in [0, 0.05) is 0 Å². The minimum Gasteiger partial charge on any atom is -0.206 e. The molecule has 0 aromatic heterocycles. The second-order valence-electron chi connectivity index (χ2n) is 7.06. The monoisotopic (exact) mass is 370 g/mol. The zero-order valence-corrected chi connectivity index (χ0v) is 14.6. The van der Waals surface area contributed by atoms with Crippen LogP contribution in [0, 0.1) is 5.82 Å². The van der Waals surface area contributed by atoms with Crippen LogP contribution in [-0.4, -0.2) is 0 Å². The first-order chi connectivity index (χ1) is 12.9. The van der Waals surface area contributed by atoms with Gasteiger partial charge in [0.1, 0.15) is 5.82 Å². The Morgan fingerprint density at radius 3 is 2.52 bits per heavy atom. The Kier molecular flexibility index (Phi) is 4.29. The van der Waals surface area contributed by atoms with Crippen molar-refractivity contribution in [2.24, 2.45) is 0 Å². The molecule has 0 saturated carbocycles. The molecule has 138 valence electrons. The minimum atomic E-state index is -4.66. The molecule has 4 rings (SSSR count). The van der Waals surface area contributed by atoms with Crippen LogP contribution in [0.2, 0.25) is 0 Å². The van der Waals surface area contributed by atoms with Crippen LogP contribution in [0.25, 0.3) is 16.8 Å². The number of aryl methyl sites for hydroxylation is 1. The standard InChI is InChI=1S/C23H18F4/c1-2-14-3-8-19-17(11-14)4-5-18-12-15(6-9-20(18)19)16-7-10-21(22(24)13-16)23(25,26)27/h2-5,7-8,10-11,13,15H,1,6,9,12H2. The number of halogens is 4. The van der Waals surface area contributed by atoms with Gasteiger partial charge in [-0.15, -0.1) is 0 Å². The number of hydrogen-bond donors (Lipinski definition) is 0. The summed E-state index contributed by atoms with van der Waals surface area (Å²) in [6.07, 6.45) is -0.522. The summed E-state index contributed by atoms with van der Waals surface area (Å²) in [7, 11) is 0. The fourth-order valence-electron chi connectivity index (χ4n) is 4.06. The highest BCUT2D eigenvalue weighted by atomic mass is 19.4. The first-order valence-electron chi connectivity index (χ1n) is 8.90. The van der Waals surface area contributed by atoms with E-state index in [0.717, 1.165) is 35.9 Å². The van der Waals surface area contributed by atoms with E-state index in [-0.39, 0.29) is 5.92 Å². The van der Waals surface area contributed by atoms with Gasteiger partial charge in [-0.2, -0.15) is 13.2 Å². The Bertz CT molecular complexity index is 1030. The minimum absolute atomic E-state index is 0.0270. The molecule has 0 amide bonds. The van der Waals surface area contributed by atoms with Crippen molar-refractivity contribution < 1.29 is 17.6 Å². The summed E-state index contributed by atoms with van der Waals surface area (Å²) >= 11 is 0. The maximum atomic E-state index is 13.9. The van der Waals surface area contributed by atoms with E-state index in [1.165, 1.54) is 22.6 Å². The molecule has 1 aliphatic carbocycles. The molecular weight excluding hydrogens is 352 g/mol. The lowest BCUT2D eigenvalue weighted by atomic mass is 9.78. The lowest BCUT2D eigenvalue weighted by Crippen LogP contribution is -2.14. The highest BCUT2D eigenvalue weighted by Crippen LogP contribution is 2.38. The fraction of sp³-hybridized carbons (Fsp3) is 0.217. The summed E-state index contributed by atoms with van der Waals surface area (Å²) in [6.45, 7) is 3.80. The first kappa shape index (κ1) is 17.8. The third-order valence-corrected chi connectivity index (χ3v) is 5.47. The van der Waals surface area contributed by atoms with Gasteiger partial charge in [-0.3, -0.25) is 0 Å². The summed E-state index contributed by atoms with van der Waals surface area (Å²) in [5, 5.41) is 2.36. The van der Waals surface area contributed by atoms with Gasteiger partial charge in [0.25, 0.3) is 0 Å². The first-order valence-corrected chi connectivity index (χ1v) is 8.90. The lowest BCUT2D eigenvalue weighted by molar-refractivity contribution is -0.140. The molecule has 0 N–H and O–H groups in total. The predicted molar refractivity (Wildman–Crippen MR) is 100 cm³/mol. The van der Waals surface area contributed by atoms with Gasteiger partial charge in [-0.05, 0) is 76.4 Å². The van der Waals surface area contributed by atoms with Gasteiger partial charge in [0.2, 0.25) is 0 Å². The van der Waals surface area contributed by atoms with Crippen molar-refractivity contribution in [3.8, 4) is 0 Å². The van der Waals surface area contributed by atoms with E-state index in [1.807, 2.05) is 12.1 Å². The van der Waals surface area contributed by atoms with Gasteiger partial charge in [0.15, 0.2) is 0 Å². The molecule has 0 aliphatic heterocycles. The van der Waals surface area contributed by atoms with Crippen LogP contribution in [0.3, 0.4) is 0 Å². The molecule has 0 spiro atoms. The second kappa shape index (κ2) is 6.52. The summed E-state index contributed by atoms with van der Waals surface area (Å²) in [4.78, 5) is 0. The van der Waals surface area contributed by atoms with Crippen LogP contribution in [0.5, 0.6) is 0 Å². The van der Waals surface area contributed by atoms with Crippen LogP contribution in [0.4, 0.5) is 17.6 Å². The molecule has 0 bridgehead atoms. The summed E-state index contributed by atoms with van der Waals surface area (Å²) < 4.78 is 52.3. The maximum absolute atomic E-state index is 13.9. The van der Waals surface area contributed by atoms with E-state index >= 15 is 0 Å². The maximum Gasteiger partial charge on any atom is 0.419 e. The van der Waals surface area contributed by atoms with E-state index in [1.54, 1.807) is 0 Å². The Morgan fingerprint density at radius 1 is 1.00 bits per heavy atom. The molecule has 0 radical (unpaired) electrons. The molecule has 1 aliphatic rings. The smallest absolute Gasteiger partial charge is 0.206 e. The van der Waals surface area contributed by atoms with Crippen LogP contribution in [-0.2, 0) is 19.0 Å². The quantitative estimate of drug-likeness (QED) is 0.430. The van der Waals surface area contributed by atoms with Gasteiger partial charge in [-0.1, -0.05) is 43.0 Å². The molecule has 1 atom stereocenters. The highest BCUT2D eigenvalue weighted by Gasteiger charge is 2.34. The van der Waals surface area contributed by atoms with E-state index < -0.39 is 17.6 Å². The van der Waals surface area contributed by atoms with Crippen molar-refractivity contribution in [3.05, 3.63) is 88.7 Å². The second-order valence-corrected chi connectivity index (χ2v) is 7.06. The molecule has 0 nitrogen and oxygen atoms in total. The molecule has 3 aromatic carbocycles. The van der Waals surface area contributed by atoms with Gasteiger partial charge in [0.05, 0.1) is 5.56 Å². The van der Waals surface area contributed by atoms with Gasteiger partial charge in [-0.25, -0.2) is 4.39 Å². The van der Waals surface area contributed by atoms with Crippen molar-refractivity contribution in [1.29, 1.82) is 0 Å². The molecule has 27 heavy (non-hydrogen) atoms.